The summed E-state index contributed by atoms with van der Waals surface area (Å²) in [5.41, 5.74) is 8.12. The van der Waals surface area contributed by atoms with Crippen LogP contribution < -0.4 is 21.1 Å². The Morgan fingerprint density at radius 2 is 2.04 bits per heavy atom. The summed E-state index contributed by atoms with van der Waals surface area (Å²) in [5, 5.41) is 9.07. The first-order valence-corrected chi connectivity index (χ1v) is 9.94. The van der Waals surface area contributed by atoms with Crippen molar-refractivity contribution in [2.45, 2.75) is 25.4 Å². The number of nitrogen functional groups attached to an aromatic ring is 1. The minimum atomic E-state index is 0.561. The van der Waals surface area contributed by atoms with Crippen LogP contribution in [-0.4, -0.2) is 29.2 Å². The van der Waals surface area contributed by atoms with Gasteiger partial charge in [-0.25, -0.2) is 9.97 Å². The third-order valence-electron chi connectivity index (χ3n) is 6.05. The maximum Gasteiger partial charge on any atom is 0.213 e. The third-order valence-corrected chi connectivity index (χ3v) is 6.05. The summed E-state index contributed by atoms with van der Waals surface area (Å²) >= 11 is 0. The first-order valence-electron chi connectivity index (χ1n) is 9.94. The van der Waals surface area contributed by atoms with E-state index in [1.54, 1.807) is 6.20 Å². The van der Waals surface area contributed by atoms with Crippen molar-refractivity contribution in [3.63, 3.8) is 0 Å². The molecule has 28 heavy (non-hydrogen) atoms. The molecule has 6 heteroatoms. The zero-order chi connectivity index (χ0) is 18.9. The highest BCUT2D eigenvalue weighted by molar-refractivity contribution is 5.92. The number of fused-ring (bicyclic) bond motifs is 3. The molecule has 1 saturated heterocycles. The van der Waals surface area contributed by atoms with E-state index < -0.39 is 0 Å². The second kappa shape index (κ2) is 7.28. The van der Waals surface area contributed by atoms with Crippen LogP contribution in [0, 0.1) is 11.8 Å². The van der Waals surface area contributed by atoms with Crippen molar-refractivity contribution >= 4 is 22.3 Å². The third kappa shape index (κ3) is 3.47. The van der Waals surface area contributed by atoms with Gasteiger partial charge in [0.1, 0.15) is 5.82 Å². The summed E-state index contributed by atoms with van der Waals surface area (Å²) in [6.45, 7) is 2.62. The van der Waals surface area contributed by atoms with Gasteiger partial charge < -0.3 is 21.1 Å². The van der Waals surface area contributed by atoms with Gasteiger partial charge in [-0.15, -0.1) is 0 Å². The number of ether oxygens (including phenoxy) is 1. The highest BCUT2D eigenvalue weighted by Crippen LogP contribution is 2.36. The summed E-state index contributed by atoms with van der Waals surface area (Å²) in [7, 11) is 0. The van der Waals surface area contributed by atoms with Gasteiger partial charge in [0.05, 0.1) is 6.61 Å². The number of nitrogens with zero attached hydrogens (tertiary/aromatic N) is 2. The van der Waals surface area contributed by atoms with E-state index in [4.69, 9.17) is 10.5 Å². The summed E-state index contributed by atoms with van der Waals surface area (Å²) in [6, 6.07) is 12.9. The molecule has 2 aliphatic rings. The van der Waals surface area contributed by atoms with Gasteiger partial charge in [0, 0.05) is 42.1 Å². The van der Waals surface area contributed by atoms with Crippen LogP contribution in [0.15, 0.2) is 48.8 Å². The Bertz CT molecular complexity index is 992. The van der Waals surface area contributed by atoms with Crippen LogP contribution in [0.4, 0.5) is 11.5 Å². The fourth-order valence-electron chi connectivity index (χ4n) is 4.50. The molecule has 1 aliphatic heterocycles. The topological polar surface area (TPSA) is 85.1 Å². The number of benzene rings is 1. The predicted octanol–water partition coefficient (Wildman–Crippen LogP) is 3.20. The molecule has 3 unspecified atom stereocenters. The van der Waals surface area contributed by atoms with Crippen LogP contribution >= 0.6 is 0 Å². The van der Waals surface area contributed by atoms with Gasteiger partial charge in [0.2, 0.25) is 5.88 Å². The highest BCUT2D eigenvalue weighted by atomic mass is 16.5. The average Bonchev–Trinajstić information content (AvgIpc) is 3.35. The van der Waals surface area contributed by atoms with E-state index in [-0.39, 0.29) is 0 Å². The van der Waals surface area contributed by atoms with Gasteiger partial charge in [-0.05, 0) is 72.5 Å². The fraction of sp³-hybridized carbons (Fsp3) is 0.364. The molecule has 3 atom stereocenters. The van der Waals surface area contributed by atoms with Gasteiger partial charge in [-0.3, -0.25) is 0 Å². The largest absolute Gasteiger partial charge is 0.477 e. The SMILES string of the molecule is Nc1nccc2cc(NCc3ccnc(OCC4CC5CC4CN5)c3)ccc12. The number of rotatable bonds is 6. The Morgan fingerprint density at radius 1 is 1.11 bits per heavy atom. The van der Waals surface area contributed by atoms with Crippen LogP contribution in [0.2, 0.25) is 0 Å². The summed E-state index contributed by atoms with van der Waals surface area (Å²) in [5.74, 6) is 2.71. The Hall–Kier alpha value is -2.86. The first kappa shape index (κ1) is 17.3. The molecule has 2 aromatic heterocycles. The smallest absolute Gasteiger partial charge is 0.213 e. The molecule has 3 heterocycles. The van der Waals surface area contributed by atoms with Gasteiger partial charge in [0.25, 0.3) is 0 Å². The van der Waals surface area contributed by atoms with E-state index in [0.29, 0.717) is 30.2 Å². The molecule has 1 aromatic carbocycles. The molecule has 6 nitrogen and oxygen atoms in total. The van der Waals surface area contributed by atoms with E-state index in [0.717, 1.165) is 41.1 Å². The van der Waals surface area contributed by atoms with Gasteiger partial charge >= 0.3 is 0 Å². The maximum absolute atomic E-state index is 6.02. The number of hydrogen-bond donors (Lipinski definition) is 3. The molecule has 1 saturated carbocycles. The van der Waals surface area contributed by atoms with E-state index in [1.165, 1.54) is 12.8 Å². The van der Waals surface area contributed by atoms with Crippen LogP contribution in [0.25, 0.3) is 10.8 Å². The predicted molar refractivity (Wildman–Crippen MR) is 111 cm³/mol. The van der Waals surface area contributed by atoms with E-state index in [9.17, 15) is 0 Å². The monoisotopic (exact) mass is 375 g/mol. The minimum absolute atomic E-state index is 0.561. The molecule has 0 amide bonds. The van der Waals surface area contributed by atoms with E-state index >= 15 is 0 Å². The van der Waals surface area contributed by atoms with E-state index in [1.807, 2.05) is 36.5 Å². The fourth-order valence-corrected chi connectivity index (χ4v) is 4.50. The summed E-state index contributed by atoms with van der Waals surface area (Å²) in [6.07, 6.45) is 6.09. The number of piperidine rings is 1. The molecule has 5 rings (SSSR count). The molecule has 0 radical (unpaired) electrons. The van der Waals surface area contributed by atoms with Crippen LogP contribution in [0.5, 0.6) is 5.88 Å². The normalized spacial score (nSPS) is 23.2. The Balaban J connectivity index is 1.20. The zero-order valence-electron chi connectivity index (χ0n) is 15.8. The number of nitrogens with one attached hydrogen (secondary N) is 2. The van der Waals surface area contributed by atoms with Gasteiger partial charge in [-0.1, -0.05) is 0 Å². The van der Waals surface area contributed by atoms with Crippen molar-refractivity contribution in [1.82, 2.24) is 15.3 Å². The molecule has 3 aromatic rings. The van der Waals surface area contributed by atoms with Crippen molar-refractivity contribution in [1.29, 1.82) is 0 Å². The number of aromatic nitrogens is 2. The lowest BCUT2D eigenvalue weighted by Gasteiger charge is -2.22. The molecule has 4 N–H and O–H groups in total. The van der Waals surface area contributed by atoms with Gasteiger partial charge in [-0.2, -0.15) is 0 Å². The highest BCUT2D eigenvalue weighted by Gasteiger charge is 2.39. The lowest BCUT2D eigenvalue weighted by Crippen LogP contribution is -2.32. The molecule has 1 aliphatic carbocycles. The van der Waals surface area contributed by atoms with Crippen LogP contribution in [0.1, 0.15) is 18.4 Å². The zero-order valence-corrected chi connectivity index (χ0v) is 15.8. The average molecular weight is 375 g/mol. The lowest BCUT2D eigenvalue weighted by atomic mass is 9.96. The number of anilines is 2. The minimum Gasteiger partial charge on any atom is -0.477 e. The number of pyridine rings is 2. The van der Waals surface area contributed by atoms with Crippen molar-refractivity contribution in [2.75, 3.05) is 24.2 Å². The Labute approximate surface area is 164 Å². The molecule has 144 valence electrons. The van der Waals surface area contributed by atoms with Crippen molar-refractivity contribution in [2.24, 2.45) is 11.8 Å². The number of hydrogen-bond acceptors (Lipinski definition) is 6. The quantitative estimate of drug-likeness (QED) is 0.613. The molecule has 0 spiro atoms. The summed E-state index contributed by atoms with van der Waals surface area (Å²) in [4.78, 5) is 8.51. The van der Waals surface area contributed by atoms with Gasteiger partial charge in [0.15, 0.2) is 0 Å². The number of nitrogens with two attached hydrogens (primary N) is 1. The molecular weight excluding hydrogens is 350 g/mol. The van der Waals surface area contributed by atoms with Crippen molar-refractivity contribution < 1.29 is 4.74 Å². The van der Waals surface area contributed by atoms with E-state index in [2.05, 4.69) is 26.7 Å². The molecular formula is C22H25N5O. The lowest BCUT2D eigenvalue weighted by molar-refractivity contribution is 0.196. The second-order valence-electron chi connectivity index (χ2n) is 7.90. The molecule has 2 bridgehead atoms. The molecule has 2 fully saturated rings. The standard InChI is InChI=1S/C22H25N5O/c23-22-20-2-1-18(8-15(20)4-6-25-22)26-11-14-3-5-24-21(7-14)28-13-17-10-19-9-16(17)12-27-19/h1-8,16-17,19,26-27H,9-13H2,(H2,23,25). The van der Waals surface area contributed by atoms with Crippen LogP contribution in [0.3, 0.4) is 0 Å². The maximum atomic E-state index is 6.02. The summed E-state index contributed by atoms with van der Waals surface area (Å²) < 4.78 is 6.02. The Kier molecular flexibility index (Phi) is 4.49. The Morgan fingerprint density at radius 3 is 2.89 bits per heavy atom. The first-order chi connectivity index (χ1) is 13.7. The van der Waals surface area contributed by atoms with Crippen LogP contribution in [-0.2, 0) is 6.54 Å². The van der Waals surface area contributed by atoms with Crippen molar-refractivity contribution in [3.8, 4) is 5.88 Å². The second-order valence-corrected chi connectivity index (χ2v) is 7.90. The van der Waals surface area contributed by atoms with Crippen molar-refractivity contribution in [3.05, 3.63) is 54.4 Å².